The smallest absolute Gasteiger partial charge is 0.262 e. The number of halogens is 1. The zero-order valence-corrected chi connectivity index (χ0v) is 14.5. The number of nitrogens with one attached hydrogen (secondary N) is 2. The van der Waals surface area contributed by atoms with E-state index in [1.807, 2.05) is 25.2 Å². The Kier molecular flexibility index (Phi) is 4.58. The van der Waals surface area contributed by atoms with E-state index in [4.69, 9.17) is 0 Å². The third-order valence-electron chi connectivity index (χ3n) is 3.09. The molecule has 0 spiro atoms. The van der Waals surface area contributed by atoms with Gasteiger partial charge in [0.25, 0.3) is 10.0 Å². The first-order valence-electron chi connectivity index (χ1n) is 6.41. The Morgan fingerprint density at radius 2 is 1.62 bits per heavy atom. The summed E-state index contributed by atoms with van der Waals surface area (Å²) < 4.78 is 28.7. The molecule has 0 bridgehead atoms. The largest absolute Gasteiger partial charge is 0.388 e. The molecule has 2 N–H and O–H groups in total. The van der Waals surface area contributed by atoms with Crippen molar-refractivity contribution in [2.75, 3.05) is 17.1 Å². The van der Waals surface area contributed by atoms with Crippen molar-refractivity contribution >= 4 is 37.3 Å². The Hall–Kier alpha value is -1.53. The highest BCUT2D eigenvalue weighted by molar-refractivity contribution is 9.10. The molecule has 0 amide bonds. The number of sulfonamides is 1. The van der Waals surface area contributed by atoms with Gasteiger partial charge in [0.05, 0.1) is 4.90 Å². The van der Waals surface area contributed by atoms with Gasteiger partial charge in [0, 0.05) is 22.9 Å². The highest BCUT2D eigenvalue weighted by Crippen LogP contribution is 2.27. The number of rotatable bonds is 4. The molecule has 2 rings (SSSR count). The Balaban J connectivity index is 2.45. The van der Waals surface area contributed by atoms with E-state index in [0.717, 1.165) is 10.2 Å². The highest BCUT2D eigenvalue weighted by atomic mass is 79.9. The number of hydrogen-bond donors (Lipinski definition) is 2. The van der Waals surface area contributed by atoms with Gasteiger partial charge in [-0.05, 0) is 55.3 Å². The second kappa shape index (κ2) is 6.07. The lowest BCUT2D eigenvalue weighted by Gasteiger charge is -2.14. The van der Waals surface area contributed by atoms with Crippen molar-refractivity contribution in [3.05, 3.63) is 52.0 Å². The van der Waals surface area contributed by atoms with Gasteiger partial charge in [0.2, 0.25) is 0 Å². The topological polar surface area (TPSA) is 58.2 Å². The predicted octanol–water partition coefficient (Wildman–Crippen LogP) is 3.91. The Labute approximate surface area is 133 Å². The Bertz CT molecular complexity index is 750. The standard InChI is InChI=1S/C15H17BrN2O2S/c1-10-7-14(17-3)8-11(2)15(10)21(19,20)18-13-6-4-5-12(16)9-13/h4-9,17-18H,1-3H3. The van der Waals surface area contributed by atoms with Crippen LogP contribution in [0.25, 0.3) is 0 Å². The van der Waals surface area contributed by atoms with Crippen LogP contribution in [0.15, 0.2) is 45.8 Å². The minimum atomic E-state index is -3.62. The van der Waals surface area contributed by atoms with Gasteiger partial charge < -0.3 is 5.32 Å². The molecule has 0 unspecified atom stereocenters. The molecule has 112 valence electrons. The lowest BCUT2D eigenvalue weighted by molar-refractivity contribution is 0.600. The third kappa shape index (κ3) is 3.57. The second-order valence-electron chi connectivity index (χ2n) is 4.81. The summed E-state index contributed by atoms with van der Waals surface area (Å²) in [5, 5.41) is 3.02. The van der Waals surface area contributed by atoms with E-state index in [0.29, 0.717) is 21.7 Å². The minimum Gasteiger partial charge on any atom is -0.388 e. The molecular weight excluding hydrogens is 352 g/mol. The number of anilines is 2. The molecule has 0 radical (unpaired) electrons. The molecule has 21 heavy (non-hydrogen) atoms. The fourth-order valence-corrected chi connectivity index (χ4v) is 4.18. The van der Waals surface area contributed by atoms with Crippen molar-refractivity contribution in [1.29, 1.82) is 0 Å². The van der Waals surface area contributed by atoms with Crippen molar-refractivity contribution in [1.82, 2.24) is 0 Å². The van der Waals surface area contributed by atoms with Crippen molar-refractivity contribution < 1.29 is 8.42 Å². The van der Waals surface area contributed by atoms with Crippen molar-refractivity contribution in [2.24, 2.45) is 0 Å². The van der Waals surface area contributed by atoms with Crippen LogP contribution in [-0.4, -0.2) is 15.5 Å². The molecule has 0 aromatic heterocycles. The summed E-state index contributed by atoms with van der Waals surface area (Å²) in [6.45, 7) is 3.59. The van der Waals surface area contributed by atoms with Crippen LogP contribution in [0.1, 0.15) is 11.1 Å². The molecule has 0 saturated heterocycles. The molecule has 2 aromatic rings. The van der Waals surface area contributed by atoms with Crippen LogP contribution in [0.5, 0.6) is 0 Å². The summed E-state index contributed by atoms with van der Waals surface area (Å²) in [6, 6.07) is 10.7. The monoisotopic (exact) mass is 368 g/mol. The fourth-order valence-electron chi connectivity index (χ4n) is 2.28. The van der Waals surface area contributed by atoms with Crippen molar-refractivity contribution in [2.45, 2.75) is 18.7 Å². The van der Waals surface area contributed by atoms with Gasteiger partial charge >= 0.3 is 0 Å². The minimum absolute atomic E-state index is 0.321. The highest BCUT2D eigenvalue weighted by Gasteiger charge is 2.20. The van der Waals surface area contributed by atoms with Crippen molar-refractivity contribution in [3.8, 4) is 0 Å². The van der Waals surface area contributed by atoms with Crippen LogP contribution in [0.4, 0.5) is 11.4 Å². The average Bonchev–Trinajstić information content (AvgIpc) is 2.36. The summed E-state index contributed by atoms with van der Waals surface area (Å²) in [5.41, 5.74) is 2.84. The predicted molar refractivity (Wildman–Crippen MR) is 90.4 cm³/mol. The molecule has 0 aliphatic carbocycles. The van der Waals surface area contributed by atoms with E-state index in [-0.39, 0.29) is 0 Å². The normalized spacial score (nSPS) is 11.2. The fraction of sp³-hybridized carbons (Fsp3) is 0.200. The molecule has 0 atom stereocenters. The maximum Gasteiger partial charge on any atom is 0.262 e. The van der Waals surface area contributed by atoms with Crippen LogP contribution >= 0.6 is 15.9 Å². The third-order valence-corrected chi connectivity index (χ3v) is 5.27. The zero-order valence-electron chi connectivity index (χ0n) is 12.1. The van der Waals surface area contributed by atoms with E-state index in [1.165, 1.54) is 0 Å². The maximum absolute atomic E-state index is 12.6. The number of hydrogen-bond acceptors (Lipinski definition) is 3. The van der Waals surface area contributed by atoms with Gasteiger partial charge in [0.1, 0.15) is 0 Å². The van der Waals surface area contributed by atoms with E-state index in [1.54, 1.807) is 32.0 Å². The lowest BCUT2D eigenvalue weighted by atomic mass is 10.1. The van der Waals surface area contributed by atoms with Crippen LogP contribution in [0.2, 0.25) is 0 Å². The van der Waals surface area contributed by atoms with E-state index >= 15 is 0 Å². The van der Waals surface area contributed by atoms with Gasteiger partial charge in [-0.15, -0.1) is 0 Å². The summed E-state index contributed by atoms with van der Waals surface area (Å²) >= 11 is 3.33. The molecule has 0 fully saturated rings. The molecule has 0 aliphatic heterocycles. The first-order chi connectivity index (χ1) is 9.83. The first-order valence-corrected chi connectivity index (χ1v) is 8.68. The molecule has 0 aliphatic rings. The van der Waals surface area contributed by atoms with Gasteiger partial charge in [-0.2, -0.15) is 0 Å². The van der Waals surface area contributed by atoms with Gasteiger partial charge in [0.15, 0.2) is 0 Å². The Morgan fingerprint density at radius 3 is 2.14 bits per heavy atom. The summed E-state index contributed by atoms with van der Waals surface area (Å²) in [6.07, 6.45) is 0. The maximum atomic E-state index is 12.6. The molecular formula is C15H17BrN2O2S. The first kappa shape index (κ1) is 15.9. The molecule has 2 aromatic carbocycles. The van der Waals surface area contributed by atoms with E-state index < -0.39 is 10.0 Å². The van der Waals surface area contributed by atoms with Gasteiger partial charge in [-0.25, -0.2) is 8.42 Å². The van der Waals surface area contributed by atoms with Crippen LogP contribution < -0.4 is 10.0 Å². The Morgan fingerprint density at radius 1 is 1.00 bits per heavy atom. The van der Waals surface area contributed by atoms with Crippen LogP contribution in [-0.2, 0) is 10.0 Å². The molecule has 0 heterocycles. The molecule has 6 heteroatoms. The number of aryl methyl sites for hydroxylation is 2. The summed E-state index contributed by atoms with van der Waals surface area (Å²) in [4.78, 5) is 0.321. The quantitative estimate of drug-likeness (QED) is 0.859. The van der Waals surface area contributed by atoms with Gasteiger partial charge in [-0.3, -0.25) is 4.72 Å². The lowest BCUT2D eigenvalue weighted by Crippen LogP contribution is -2.16. The number of benzene rings is 2. The van der Waals surface area contributed by atoms with Crippen LogP contribution in [0.3, 0.4) is 0 Å². The van der Waals surface area contributed by atoms with Crippen LogP contribution in [0, 0.1) is 13.8 Å². The van der Waals surface area contributed by atoms with Gasteiger partial charge in [-0.1, -0.05) is 22.0 Å². The summed E-state index contributed by atoms with van der Waals surface area (Å²) in [7, 11) is -1.81. The molecule has 0 saturated carbocycles. The zero-order chi connectivity index (χ0) is 15.6. The van der Waals surface area contributed by atoms with Crippen molar-refractivity contribution in [3.63, 3.8) is 0 Å². The SMILES string of the molecule is CNc1cc(C)c(S(=O)(=O)Nc2cccc(Br)c2)c(C)c1. The summed E-state index contributed by atoms with van der Waals surface area (Å²) in [5.74, 6) is 0. The van der Waals surface area contributed by atoms with E-state index in [9.17, 15) is 8.42 Å². The van der Waals surface area contributed by atoms with E-state index in [2.05, 4.69) is 26.0 Å². The average molecular weight is 369 g/mol. The molecule has 4 nitrogen and oxygen atoms in total. The second-order valence-corrected chi connectivity index (χ2v) is 7.34.